The highest BCUT2D eigenvalue weighted by molar-refractivity contribution is 7.95. The largest absolute Gasteiger partial charge is 0.759 e. The maximum Gasteiger partial charge on any atom is 0.117 e. The summed E-state index contributed by atoms with van der Waals surface area (Å²) in [4.78, 5) is 0. The van der Waals surface area contributed by atoms with Crippen molar-refractivity contribution in [2.75, 3.05) is 0 Å². The highest BCUT2D eigenvalue weighted by Gasteiger charge is 2.47. The summed E-state index contributed by atoms with van der Waals surface area (Å²) < 4.78 is 34.1. The van der Waals surface area contributed by atoms with Gasteiger partial charge < -0.3 is 9.11 Å². The van der Waals surface area contributed by atoms with Gasteiger partial charge in [-0.15, -0.1) is 0 Å². The van der Waals surface area contributed by atoms with Gasteiger partial charge in [0.1, 0.15) is 46.4 Å². The number of benzene rings is 8. The molecule has 0 amide bonds. The molecule has 4 nitrogen and oxygen atoms in total. The Bertz CT molecular complexity index is 2430. The number of rotatable bonds is 12. The number of hydrogen-bond donors (Lipinski definition) is 0. The van der Waals surface area contributed by atoms with Gasteiger partial charge in [0.25, 0.3) is 0 Å². The van der Waals surface area contributed by atoms with E-state index in [9.17, 15) is 0 Å². The van der Waals surface area contributed by atoms with Gasteiger partial charge in [-0.25, -0.2) is 0 Å². The summed E-state index contributed by atoms with van der Waals surface area (Å²) >= 11 is 0. The molecule has 8 aromatic carbocycles. The quantitative estimate of drug-likeness (QED) is 0.0697. The van der Waals surface area contributed by atoms with Crippen molar-refractivity contribution in [2.45, 2.75) is 12.3 Å². The van der Waals surface area contributed by atoms with Crippen molar-refractivity contribution in [2.24, 2.45) is 0 Å². The predicted molar refractivity (Wildman–Crippen MR) is 261 cm³/mol. The maximum atomic E-state index is 8.52. The van der Waals surface area contributed by atoms with Crippen molar-refractivity contribution in [3.05, 3.63) is 266 Å². The van der Waals surface area contributed by atoms with Crippen LogP contribution in [0.5, 0.6) is 0 Å². The Morgan fingerprint density at radius 3 is 0.820 bits per heavy atom. The lowest BCUT2D eigenvalue weighted by Crippen LogP contribution is -2.33. The van der Waals surface area contributed by atoms with Crippen LogP contribution in [0.25, 0.3) is 12.2 Å². The Kier molecular flexibility index (Phi) is 15.7. The van der Waals surface area contributed by atoms with E-state index in [1.165, 1.54) is 54.1 Å². The molecule has 61 heavy (non-hydrogen) atoms. The lowest BCUT2D eigenvalue weighted by Gasteiger charge is -2.29. The Labute approximate surface area is 362 Å². The molecule has 0 N–H and O–H groups in total. The normalized spacial score (nSPS) is 11.2. The van der Waals surface area contributed by atoms with Gasteiger partial charge in [0.05, 0.1) is 12.3 Å². The van der Waals surface area contributed by atoms with Crippen LogP contribution in [0.15, 0.2) is 244 Å². The minimum Gasteiger partial charge on any atom is -0.759 e. The van der Waals surface area contributed by atoms with Crippen LogP contribution < -0.4 is 31.8 Å². The lowest BCUT2D eigenvalue weighted by atomic mass is 10.2. The second-order valence-corrected chi connectivity index (χ2v) is 21.9. The Balaban J connectivity index is 0.000000184. The van der Waals surface area contributed by atoms with E-state index in [0.29, 0.717) is 0 Å². The summed E-state index contributed by atoms with van der Waals surface area (Å²) in [5.74, 6) is 0. The fourth-order valence-corrected chi connectivity index (χ4v) is 16.8. The van der Waals surface area contributed by atoms with Gasteiger partial charge >= 0.3 is 0 Å². The Morgan fingerprint density at radius 1 is 0.361 bits per heavy atom. The Hall–Kier alpha value is -6.03. The fraction of sp³-hybridized carbons (Fsp3) is 0.0370. The average Bonchev–Trinajstić information content (AvgIpc) is 3.31. The Morgan fingerprint density at radius 2 is 0.574 bits per heavy atom. The molecule has 0 aliphatic carbocycles. The minimum absolute atomic E-state index is 0.993. The molecule has 0 heterocycles. The molecule has 0 aliphatic heterocycles. The van der Waals surface area contributed by atoms with Crippen LogP contribution in [0.4, 0.5) is 0 Å². The van der Waals surface area contributed by atoms with Crippen LogP contribution in [0, 0.1) is 0 Å². The zero-order valence-electron chi connectivity index (χ0n) is 33.9. The zero-order valence-corrected chi connectivity index (χ0v) is 36.5. The van der Waals surface area contributed by atoms with Gasteiger partial charge in [0, 0.05) is 21.5 Å². The van der Waals surface area contributed by atoms with Crippen molar-refractivity contribution in [3.63, 3.8) is 0 Å². The van der Waals surface area contributed by atoms with Crippen LogP contribution in [0.1, 0.15) is 22.3 Å². The highest BCUT2D eigenvalue weighted by Crippen LogP contribution is 2.60. The van der Waals surface area contributed by atoms with Crippen LogP contribution in [0.3, 0.4) is 0 Å². The smallest absolute Gasteiger partial charge is 0.117 e. The molecule has 0 fully saturated rings. The van der Waals surface area contributed by atoms with E-state index < -0.39 is 24.9 Å². The van der Waals surface area contributed by atoms with E-state index in [1.807, 2.05) is 12.2 Å². The van der Waals surface area contributed by atoms with E-state index in [0.717, 1.165) is 12.3 Å². The molecule has 0 atom stereocenters. The lowest BCUT2D eigenvalue weighted by molar-refractivity contribution is 0.352. The first-order valence-corrected chi connectivity index (χ1v) is 25.1. The standard InChI is InChI=1S/2C27H24P.H2O4S/c2*1-2-24-16-12-13-21-27(24)28(25-17-8-4-9-18-25,26-19-10-5-11-20-26)22-23-14-6-3-7-15-23;1-5(2,3)4/h2*2-21H,1,22H2;(H2,1,2,3,4)/q2*+1;/p-2. The van der Waals surface area contributed by atoms with Gasteiger partial charge in [0.2, 0.25) is 0 Å². The summed E-state index contributed by atoms with van der Waals surface area (Å²) in [6.45, 7) is 8.23. The molecular formula is C54H48O4P2S. The molecule has 304 valence electrons. The fourth-order valence-electron chi connectivity index (χ4n) is 7.85. The molecule has 0 aliphatic rings. The molecule has 8 aromatic rings. The van der Waals surface area contributed by atoms with E-state index in [2.05, 4.69) is 244 Å². The van der Waals surface area contributed by atoms with Gasteiger partial charge in [-0.05, 0) is 71.8 Å². The van der Waals surface area contributed by atoms with Crippen molar-refractivity contribution in [3.8, 4) is 0 Å². The van der Waals surface area contributed by atoms with Crippen LogP contribution >= 0.6 is 14.5 Å². The molecule has 8 rings (SSSR count). The number of hydrogen-bond acceptors (Lipinski definition) is 4. The first-order chi connectivity index (χ1) is 29.7. The predicted octanol–water partition coefficient (Wildman–Crippen LogP) is 10.3. The van der Waals surface area contributed by atoms with E-state index >= 15 is 0 Å². The van der Waals surface area contributed by atoms with Crippen molar-refractivity contribution >= 4 is 68.9 Å². The summed E-state index contributed by atoms with van der Waals surface area (Å²) in [5.41, 5.74) is 5.17. The summed E-state index contributed by atoms with van der Waals surface area (Å²) in [5, 5.41) is 8.40. The summed E-state index contributed by atoms with van der Waals surface area (Å²) in [6, 6.07) is 83.3. The van der Waals surface area contributed by atoms with Crippen LogP contribution in [0.2, 0.25) is 0 Å². The molecule has 0 bridgehead atoms. The first-order valence-electron chi connectivity index (χ1n) is 19.9. The van der Waals surface area contributed by atoms with Gasteiger partial charge in [0.15, 0.2) is 0 Å². The first kappa shape index (κ1) is 44.5. The molecule has 0 unspecified atom stereocenters. The maximum absolute atomic E-state index is 8.52. The molecule has 0 aromatic heterocycles. The van der Waals surface area contributed by atoms with Gasteiger partial charge in [-0.2, -0.15) is 0 Å². The second-order valence-electron chi connectivity index (χ2n) is 14.2. The summed E-state index contributed by atoms with van der Waals surface area (Å²) in [6.07, 6.45) is 5.99. The molecule has 0 saturated carbocycles. The topological polar surface area (TPSA) is 80.3 Å². The second kappa shape index (κ2) is 21.5. The van der Waals surface area contributed by atoms with E-state index in [-0.39, 0.29) is 0 Å². The van der Waals surface area contributed by atoms with Gasteiger partial charge in [-0.1, -0.05) is 195 Å². The van der Waals surface area contributed by atoms with Crippen molar-refractivity contribution < 1.29 is 17.5 Å². The van der Waals surface area contributed by atoms with Crippen LogP contribution in [-0.2, 0) is 22.7 Å². The third kappa shape index (κ3) is 11.2. The summed E-state index contributed by atoms with van der Waals surface area (Å²) in [7, 11) is -8.97. The molecule has 0 saturated heterocycles. The monoisotopic (exact) mass is 854 g/mol. The van der Waals surface area contributed by atoms with Crippen molar-refractivity contribution in [1.82, 2.24) is 0 Å². The van der Waals surface area contributed by atoms with Crippen LogP contribution in [-0.4, -0.2) is 17.5 Å². The molecule has 0 spiro atoms. The van der Waals surface area contributed by atoms with Crippen molar-refractivity contribution in [1.29, 1.82) is 0 Å². The third-order valence-corrected chi connectivity index (χ3v) is 19.3. The average molecular weight is 855 g/mol. The third-order valence-electron chi connectivity index (χ3n) is 10.4. The van der Waals surface area contributed by atoms with E-state index in [1.54, 1.807) is 0 Å². The van der Waals surface area contributed by atoms with Gasteiger partial charge in [-0.3, -0.25) is 8.42 Å². The van der Waals surface area contributed by atoms with E-state index in [4.69, 9.17) is 17.5 Å². The zero-order chi connectivity index (χ0) is 43.0. The molecule has 7 heteroatoms. The minimum atomic E-state index is -5.17. The highest BCUT2D eigenvalue weighted by atomic mass is 32.3. The molecule has 0 radical (unpaired) electrons. The molecular weight excluding hydrogens is 807 g/mol. The SMILES string of the molecule is C=Cc1ccccc1[P+](Cc1ccccc1)(c1ccccc1)c1ccccc1.C=Cc1ccccc1[P+](Cc1ccccc1)(c1ccccc1)c1ccccc1.O=S(=O)([O-])[O-].